The van der Waals surface area contributed by atoms with Crippen LogP contribution in [0.2, 0.25) is 5.02 Å². The summed E-state index contributed by atoms with van der Waals surface area (Å²) >= 11 is 5.82. The Bertz CT molecular complexity index is 954. The van der Waals surface area contributed by atoms with Crippen LogP contribution < -0.4 is 4.74 Å². The molecule has 0 saturated carbocycles. The summed E-state index contributed by atoms with van der Waals surface area (Å²) in [6.07, 6.45) is 0.179. The lowest BCUT2D eigenvalue weighted by Crippen LogP contribution is -2.07. The SMILES string of the molecule is O=C(Cc1ccc(Cl)cc1)OCc1ccc(Oc2ccc([N+](=O)[O-])cc2)cc1. The second-order valence-electron chi connectivity index (χ2n) is 5.96. The molecule has 3 aromatic carbocycles. The number of non-ortho nitro benzene ring substituents is 1. The Hall–Kier alpha value is -3.38. The van der Waals surface area contributed by atoms with Crippen LogP contribution in [0.3, 0.4) is 0 Å². The Morgan fingerprint density at radius 2 is 1.39 bits per heavy atom. The maximum absolute atomic E-state index is 11.9. The summed E-state index contributed by atoms with van der Waals surface area (Å²) in [6, 6.07) is 19.9. The minimum atomic E-state index is -0.465. The zero-order valence-electron chi connectivity index (χ0n) is 14.7. The Kier molecular flexibility index (Phi) is 6.24. The highest BCUT2D eigenvalue weighted by Gasteiger charge is 2.07. The Labute approximate surface area is 166 Å². The highest BCUT2D eigenvalue weighted by molar-refractivity contribution is 6.30. The van der Waals surface area contributed by atoms with Crippen molar-refractivity contribution in [2.24, 2.45) is 0 Å². The number of benzene rings is 3. The molecule has 0 aromatic heterocycles. The molecular weight excluding hydrogens is 382 g/mol. The molecule has 0 bridgehead atoms. The summed E-state index contributed by atoms with van der Waals surface area (Å²) in [5.74, 6) is 0.742. The van der Waals surface area contributed by atoms with Crippen molar-refractivity contribution in [3.05, 3.63) is 99.1 Å². The largest absolute Gasteiger partial charge is 0.461 e. The number of esters is 1. The van der Waals surface area contributed by atoms with E-state index in [0.717, 1.165) is 11.1 Å². The van der Waals surface area contributed by atoms with Crippen LogP contribution in [0.15, 0.2) is 72.8 Å². The summed E-state index contributed by atoms with van der Waals surface area (Å²) in [5.41, 5.74) is 1.66. The second kappa shape index (κ2) is 9.01. The molecule has 0 fully saturated rings. The molecule has 0 saturated heterocycles. The summed E-state index contributed by atoms with van der Waals surface area (Å²) < 4.78 is 10.9. The van der Waals surface area contributed by atoms with E-state index in [-0.39, 0.29) is 24.7 Å². The summed E-state index contributed by atoms with van der Waals surface area (Å²) in [6.45, 7) is 0.157. The van der Waals surface area contributed by atoms with Gasteiger partial charge in [-0.25, -0.2) is 0 Å². The van der Waals surface area contributed by atoms with Crippen LogP contribution in [0.5, 0.6) is 11.5 Å². The average molecular weight is 398 g/mol. The molecule has 3 rings (SSSR count). The van der Waals surface area contributed by atoms with Crippen molar-refractivity contribution in [1.29, 1.82) is 0 Å². The predicted molar refractivity (Wildman–Crippen MR) is 105 cm³/mol. The number of carbonyl (C=O) groups is 1. The van der Waals surface area contributed by atoms with Gasteiger partial charge in [0.05, 0.1) is 11.3 Å². The van der Waals surface area contributed by atoms with Gasteiger partial charge in [0.15, 0.2) is 0 Å². The van der Waals surface area contributed by atoms with Gasteiger partial charge >= 0.3 is 5.97 Å². The fourth-order valence-electron chi connectivity index (χ4n) is 2.41. The number of nitro benzene ring substituents is 1. The highest BCUT2D eigenvalue weighted by atomic mass is 35.5. The third-order valence-electron chi connectivity index (χ3n) is 3.87. The third-order valence-corrected chi connectivity index (χ3v) is 4.12. The van der Waals surface area contributed by atoms with E-state index in [9.17, 15) is 14.9 Å². The molecule has 0 unspecified atom stereocenters. The molecule has 3 aromatic rings. The van der Waals surface area contributed by atoms with E-state index < -0.39 is 4.92 Å². The number of carbonyl (C=O) groups excluding carboxylic acids is 1. The smallest absolute Gasteiger partial charge is 0.310 e. The van der Waals surface area contributed by atoms with Crippen molar-refractivity contribution in [2.45, 2.75) is 13.0 Å². The molecule has 0 radical (unpaired) electrons. The van der Waals surface area contributed by atoms with E-state index in [0.29, 0.717) is 16.5 Å². The first-order valence-electron chi connectivity index (χ1n) is 8.41. The Morgan fingerprint density at radius 3 is 1.96 bits per heavy atom. The lowest BCUT2D eigenvalue weighted by molar-refractivity contribution is -0.384. The Balaban J connectivity index is 1.50. The van der Waals surface area contributed by atoms with E-state index in [1.807, 2.05) is 0 Å². The number of halogens is 1. The van der Waals surface area contributed by atoms with Gasteiger partial charge in [0, 0.05) is 17.2 Å². The molecule has 142 valence electrons. The topological polar surface area (TPSA) is 78.7 Å². The minimum Gasteiger partial charge on any atom is -0.461 e. The fraction of sp³-hybridized carbons (Fsp3) is 0.0952. The first kappa shape index (κ1) is 19.4. The lowest BCUT2D eigenvalue weighted by atomic mass is 10.1. The normalized spacial score (nSPS) is 10.3. The van der Waals surface area contributed by atoms with Gasteiger partial charge in [-0.1, -0.05) is 35.9 Å². The monoisotopic (exact) mass is 397 g/mol. The molecule has 0 amide bonds. The van der Waals surface area contributed by atoms with E-state index in [2.05, 4.69) is 0 Å². The highest BCUT2D eigenvalue weighted by Crippen LogP contribution is 2.24. The molecule has 6 nitrogen and oxygen atoms in total. The van der Waals surface area contributed by atoms with Gasteiger partial charge in [0.25, 0.3) is 5.69 Å². The van der Waals surface area contributed by atoms with Crippen molar-refractivity contribution in [3.8, 4) is 11.5 Å². The maximum Gasteiger partial charge on any atom is 0.310 e. The standard InChI is InChI=1S/C21H16ClNO5/c22-17-5-1-15(2-6-17)13-21(24)27-14-16-3-9-19(10-4-16)28-20-11-7-18(8-12-20)23(25)26/h1-12H,13-14H2. The molecule has 0 atom stereocenters. The van der Waals surface area contributed by atoms with Crippen LogP contribution in [-0.4, -0.2) is 10.9 Å². The summed E-state index contributed by atoms with van der Waals surface area (Å²) in [4.78, 5) is 22.1. The third kappa shape index (κ3) is 5.56. The van der Waals surface area contributed by atoms with Crippen molar-refractivity contribution < 1.29 is 19.2 Å². The zero-order valence-corrected chi connectivity index (χ0v) is 15.5. The van der Waals surface area contributed by atoms with Gasteiger partial charge in [-0.15, -0.1) is 0 Å². The number of nitro groups is 1. The molecule has 0 spiro atoms. The molecule has 0 aliphatic carbocycles. The van der Waals surface area contributed by atoms with Crippen LogP contribution in [0.4, 0.5) is 5.69 Å². The Morgan fingerprint density at radius 1 is 0.857 bits per heavy atom. The van der Waals surface area contributed by atoms with Gasteiger partial charge in [-0.2, -0.15) is 0 Å². The van der Waals surface area contributed by atoms with Crippen molar-refractivity contribution in [1.82, 2.24) is 0 Å². The van der Waals surface area contributed by atoms with E-state index in [4.69, 9.17) is 21.1 Å². The average Bonchev–Trinajstić information content (AvgIpc) is 2.70. The van der Waals surface area contributed by atoms with Crippen molar-refractivity contribution >= 4 is 23.3 Å². The van der Waals surface area contributed by atoms with E-state index >= 15 is 0 Å². The van der Waals surface area contributed by atoms with Gasteiger partial charge in [0.1, 0.15) is 18.1 Å². The summed E-state index contributed by atoms with van der Waals surface area (Å²) in [7, 11) is 0. The molecular formula is C21H16ClNO5. The molecule has 0 aliphatic heterocycles. The first-order chi connectivity index (χ1) is 13.5. The van der Waals surface area contributed by atoms with Gasteiger partial charge < -0.3 is 9.47 Å². The van der Waals surface area contributed by atoms with Gasteiger partial charge in [-0.05, 0) is 47.5 Å². The first-order valence-corrected chi connectivity index (χ1v) is 8.79. The van der Waals surface area contributed by atoms with Crippen LogP contribution in [0.25, 0.3) is 0 Å². The number of ether oxygens (including phenoxy) is 2. The second-order valence-corrected chi connectivity index (χ2v) is 6.40. The number of hydrogen-bond acceptors (Lipinski definition) is 5. The number of rotatable bonds is 7. The quantitative estimate of drug-likeness (QED) is 0.306. The maximum atomic E-state index is 11.9. The van der Waals surface area contributed by atoms with Crippen LogP contribution in [0.1, 0.15) is 11.1 Å². The fourth-order valence-corrected chi connectivity index (χ4v) is 2.54. The predicted octanol–water partition coefficient (Wildman–Crippen LogP) is 5.33. The molecule has 28 heavy (non-hydrogen) atoms. The van der Waals surface area contributed by atoms with Gasteiger partial charge in [0.2, 0.25) is 0 Å². The van der Waals surface area contributed by atoms with Crippen molar-refractivity contribution in [3.63, 3.8) is 0 Å². The van der Waals surface area contributed by atoms with Crippen LogP contribution in [-0.2, 0) is 22.6 Å². The van der Waals surface area contributed by atoms with E-state index in [1.165, 1.54) is 24.3 Å². The molecule has 0 aliphatic rings. The molecule has 0 heterocycles. The van der Waals surface area contributed by atoms with Crippen molar-refractivity contribution in [2.75, 3.05) is 0 Å². The molecule has 7 heteroatoms. The lowest BCUT2D eigenvalue weighted by Gasteiger charge is -2.08. The number of hydrogen-bond donors (Lipinski definition) is 0. The molecule has 0 N–H and O–H groups in total. The van der Waals surface area contributed by atoms with Gasteiger partial charge in [-0.3, -0.25) is 14.9 Å². The summed E-state index contributed by atoms with van der Waals surface area (Å²) in [5, 5.41) is 11.3. The zero-order chi connectivity index (χ0) is 19.9. The van der Waals surface area contributed by atoms with E-state index in [1.54, 1.807) is 48.5 Å². The van der Waals surface area contributed by atoms with Crippen LogP contribution in [0, 0.1) is 10.1 Å². The van der Waals surface area contributed by atoms with Crippen LogP contribution >= 0.6 is 11.6 Å². The number of nitrogens with zero attached hydrogens (tertiary/aromatic N) is 1. The minimum absolute atomic E-state index is 0.00288.